The predicted molar refractivity (Wildman–Crippen MR) is 69.0 cm³/mol. The highest BCUT2D eigenvalue weighted by molar-refractivity contribution is 6.30. The van der Waals surface area contributed by atoms with Gasteiger partial charge in [-0.05, 0) is 23.8 Å². The fourth-order valence-electron chi connectivity index (χ4n) is 1.20. The maximum absolute atomic E-state index is 11.4. The molecule has 2 amide bonds. The molecule has 0 saturated heterocycles. The smallest absolute Gasteiger partial charge is 0.314 e. The highest BCUT2D eigenvalue weighted by Gasteiger charge is 1.99. The van der Waals surface area contributed by atoms with Gasteiger partial charge in [-0.2, -0.15) is 10.1 Å². The molecule has 0 aliphatic heterocycles. The van der Waals surface area contributed by atoms with E-state index < -0.39 is 6.03 Å². The van der Waals surface area contributed by atoms with E-state index in [1.807, 2.05) is 12.1 Å². The molecule has 1 aromatic heterocycles. The summed E-state index contributed by atoms with van der Waals surface area (Å²) < 4.78 is 0. The molecule has 7 heteroatoms. The Hall–Kier alpha value is -2.34. The van der Waals surface area contributed by atoms with Crippen molar-refractivity contribution in [2.75, 3.05) is 5.32 Å². The molecule has 0 radical (unpaired) electrons. The van der Waals surface area contributed by atoms with Crippen molar-refractivity contribution in [1.82, 2.24) is 20.5 Å². The molecule has 0 unspecified atom stereocenters. The summed E-state index contributed by atoms with van der Waals surface area (Å²) in [6, 6.07) is 6.83. The fourth-order valence-corrected chi connectivity index (χ4v) is 1.32. The lowest BCUT2D eigenvalue weighted by Crippen LogP contribution is -2.24. The van der Waals surface area contributed by atoms with E-state index in [9.17, 15) is 4.79 Å². The van der Waals surface area contributed by atoms with Crippen molar-refractivity contribution in [1.29, 1.82) is 0 Å². The first-order valence-electron chi connectivity index (χ1n) is 5.09. The van der Waals surface area contributed by atoms with Crippen molar-refractivity contribution < 1.29 is 4.79 Å². The van der Waals surface area contributed by atoms with Gasteiger partial charge in [-0.25, -0.2) is 9.89 Å². The van der Waals surface area contributed by atoms with E-state index in [-0.39, 0.29) is 5.95 Å². The molecule has 3 N–H and O–H groups in total. The van der Waals surface area contributed by atoms with Crippen LogP contribution in [0.15, 0.2) is 36.8 Å². The second-order valence-electron chi connectivity index (χ2n) is 3.32. The lowest BCUT2D eigenvalue weighted by atomic mass is 10.2. The second kappa shape index (κ2) is 5.83. The predicted octanol–water partition coefficient (Wildman–Crippen LogP) is 2.25. The molecule has 0 saturated carbocycles. The van der Waals surface area contributed by atoms with Gasteiger partial charge in [0, 0.05) is 11.2 Å². The molecule has 2 rings (SSSR count). The van der Waals surface area contributed by atoms with E-state index in [1.165, 1.54) is 12.5 Å². The molecule has 0 fully saturated rings. The minimum absolute atomic E-state index is 0.285. The first-order valence-corrected chi connectivity index (χ1v) is 5.47. The van der Waals surface area contributed by atoms with Gasteiger partial charge in [0.25, 0.3) is 0 Å². The van der Waals surface area contributed by atoms with Crippen molar-refractivity contribution in [3.05, 3.63) is 47.4 Å². The third kappa shape index (κ3) is 3.60. The normalized spacial score (nSPS) is 10.5. The third-order valence-corrected chi connectivity index (χ3v) is 2.26. The van der Waals surface area contributed by atoms with Gasteiger partial charge in [-0.15, -0.1) is 0 Å². The highest BCUT2D eigenvalue weighted by Crippen LogP contribution is 2.10. The highest BCUT2D eigenvalue weighted by atomic mass is 35.5. The minimum Gasteiger partial charge on any atom is -0.314 e. The number of aromatic nitrogens is 3. The SMILES string of the molecule is O=C(N/C=C/c1ccc(Cl)cc1)Nc1ncn[nH]1. The van der Waals surface area contributed by atoms with E-state index in [4.69, 9.17) is 11.6 Å². The van der Waals surface area contributed by atoms with Crippen LogP contribution in [-0.2, 0) is 0 Å². The summed E-state index contributed by atoms with van der Waals surface area (Å²) in [5.41, 5.74) is 0.930. The van der Waals surface area contributed by atoms with Crippen molar-refractivity contribution in [3.63, 3.8) is 0 Å². The Kier molecular flexibility index (Phi) is 3.93. The minimum atomic E-state index is -0.406. The summed E-state index contributed by atoms with van der Waals surface area (Å²) in [7, 11) is 0. The number of hydrogen-bond acceptors (Lipinski definition) is 3. The fraction of sp³-hybridized carbons (Fsp3) is 0. The summed E-state index contributed by atoms with van der Waals surface area (Å²) in [4.78, 5) is 15.1. The molecule has 92 valence electrons. The van der Waals surface area contributed by atoms with Crippen molar-refractivity contribution in [3.8, 4) is 0 Å². The van der Waals surface area contributed by atoms with Crippen molar-refractivity contribution >= 4 is 29.7 Å². The molecule has 0 spiro atoms. The third-order valence-electron chi connectivity index (χ3n) is 2.01. The van der Waals surface area contributed by atoms with Crippen LogP contribution in [0.4, 0.5) is 10.7 Å². The second-order valence-corrected chi connectivity index (χ2v) is 3.75. The Bertz CT molecular complexity index is 535. The first-order chi connectivity index (χ1) is 8.74. The molecule has 2 aromatic rings. The number of rotatable bonds is 3. The number of nitrogens with zero attached hydrogens (tertiary/aromatic N) is 2. The van der Waals surface area contributed by atoms with Crippen LogP contribution in [0.25, 0.3) is 6.08 Å². The van der Waals surface area contributed by atoms with Gasteiger partial charge >= 0.3 is 6.03 Å². The molecule has 1 aromatic carbocycles. The van der Waals surface area contributed by atoms with Gasteiger partial charge in [0.1, 0.15) is 6.33 Å². The molecule has 18 heavy (non-hydrogen) atoms. The van der Waals surface area contributed by atoms with Crippen molar-refractivity contribution in [2.45, 2.75) is 0 Å². The zero-order chi connectivity index (χ0) is 12.8. The van der Waals surface area contributed by atoms with Gasteiger partial charge < -0.3 is 5.32 Å². The number of aromatic amines is 1. The number of amides is 2. The van der Waals surface area contributed by atoms with E-state index in [0.29, 0.717) is 5.02 Å². The van der Waals surface area contributed by atoms with Crippen molar-refractivity contribution in [2.24, 2.45) is 0 Å². The molecule has 0 aliphatic carbocycles. The topological polar surface area (TPSA) is 82.7 Å². The molecular formula is C11H10ClN5O. The molecule has 0 aliphatic rings. The zero-order valence-corrected chi connectivity index (χ0v) is 9.98. The summed E-state index contributed by atoms with van der Waals surface area (Å²) in [5, 5.41) is 11.8. The zero-order valence-electron chi connectivity index (χ0n) is 9.22. The van der Waals surface area contributed by atoms with E-state index >= 15 is 0 Å². The monoisotopic (exact) mass is 263 g/mol. The van der Waals surface area contributed by atoms with Crippen LogP contribution in [0.1, 0.15) is 5.56 Å². The van der Waals surface area contributed by atoms with E-state index in [2.05, 4.69) is 25.8 Å². The van der Waals surface area contributed by atoms with E-state index in [0.717, 1.165) is 5.56 Å². The Morgan fingerprint density at radius 3 is 2.78 bits per heavy atom. The van der Waals surface area contributed by atoms with E-state index in [1.54, 1.807) is 18.2 Å². The van der Waals surface area contributed by atoms with Crippen LogP contribution in [-0.4, -0.2) is 21.2 Å². The number of urea groups is 1. The number of carbonyl (C=O) groups excluding carboxylic acids is 1. The maximum atomic E-state index is 11.4. The summed E-state index contributed by atoms with van der Waals surface area (Å²) in [5.74, 6) is 0.285. The number of H-pyrrole nitrogens is 1. The Labute approximate surface area is 108 Å². The van der Waals surface area contributed by atoms with Gasteiger partial charge in [0.2, 0.25) is 5.95 Å². The number of halogens is 1. The van der Waals surface area contributed by atoms with Crippen LogP contribution < -0.4 is 10.6 Å². The van der Waals surface area contributed by atoms with Crippen LogP contribution in [0, 0.1) is 0 Å². The average molecular weight is 264 g/mol. The lowest BCUT2D eigenvalue weighted by Gasteiger charge is -1.99. The standard InChI is InChI=1S/C11H10ClN5O/c12-9-3-1-8(2-4-9)5-6-13-11(18)16-10-14-7-15-17-10/h1-7H,(H3,13,14,15,16,17,18)/b6-5+. The van der Waals surface area contributed by atoms with Crippen LogP contribution in [0.3, 0.4) is 0 Å². The van der Waals surface area contributed by atoms with Gasteiger partial charge in [-0.1, -0.05) is 23.7 Å². The van der Waals surface area contributed by atoms with Crippen LogP contribution in [0.5, 0.6) is 0 Å². The molecular weight excluding hydrogens is 254 g/mol. The largest absolute Gasteiger partial charge is 0.325 e. The molecule has 0 bridgehead atoms. The molecule has 1 heterocycles. The number of carbonyl (C=O) groups is 1. The first kappa shape index (κ1) is 12.1. The summed E-state index contributed by atoms with van der Waals surface area (Å²) in [6.07, 6.45) is 4.57. The maximum Gasteiger partial charge on any atom is 0.325 e. The lowest BCUT2D eigenvalue weighted by molar-refractivity contribution is 0.255. The Morgan fingerprint density at radius 1 is 1.33 bits per heavy atom. The van der Waals surface area contributed by atoms with Gasteiger partial charge in [0.15, 0.2) is 0 Å². The van der Waals surface area contributed by atoms with Crippen LogP contribution >= 0.6 is 11.6 Å². The number of hydrogen-bond donors (Lipinski definition) is 3. The number of nitrogens with one attached hydrogen (secondary N) is 3. The molecule has 0 atom stereocenters. The summed E-state index contributed by atoms with van der Waals surface area (Å²) in [6.45, 7) is 0. The van der Waals surface area contributed by atoms with Gasteiger partial charge in [0.05, 0.1) is 0 Å². The van der Waals surface area contributed by atoms with Crippen LogP contribution in [0.2, 0.25) is 5.02 Å². The number of benzene rings is 1. The average Bonchev–Trinajstić information content (AvgIpc) is 2.84. The van der Waals surface area contributed by atoms with Gasteiger partial charge in [-0.3, -0.25) is 5.32 Å². The number of anilines is 1. The molecule has 6 nitrogen and oxygen atoms in total. The Balaban J connectivity index is 1.84. The quantitative estimate of drug-likeness (QED) is 0.794. The Morgan fingerprint density at radius 2 is 2.11 bits per heavy atom. The summed E-state index contributed by atoms with van der Waals surface area (Å²) >= 11 is 5.76.